The van der Waals surface area contributed by atoms with Gasteiger partial charge in [-0.3, -0.25) is 9.63 Å². The Kier molecular flexibility index (Phi) is 6.63. The highest BCUT2D eigenvalue weighted by molar-refractivity contribution is 14.1. The smallest absolute Gasteiger partial charge is 0.277 e. The summed E-state index contributed by atoms with van der Waals surface area (Å²) in [6.45, 7) is 0.253. The van der Waals surface area contributed by atoms with Gasteiger partial charge in [-0.2, -0.15) is 0 Å². The zero-order valence-electron chi connectivity index (χ0n) is 14.6. The maximum absolute atomic E-state index is 14.7. The third kappa shape index (κ3) is 5.34. The summed E-state index contributed by atoms with van der Waals surface area (Å²) in [6.07, 6.45) is 1.93. The fraction of sp³-hybridized carbons (Fsp3) is 0.235. The number of amides is 1. The van der Waals surface area contributed by atoms with E-state index in [1.165, 1.54) is 6.07 Å². The molecule has 1 aliphatic rings. The minimum Gasteiger partial charge on any atom is -0.351 e. The van der Waals surface area contributed by atoms with Crippen LogP contribution < -0.4 is 15.9 Å². The molecule has 0 saturated heterocycles. The van der Waals surface area contributed by atoms with Crippen molar-refractivity contribution in [2.24, 2.45) is 11.1 Å². The molecule has 2 aromatic rings. The zero-order valence-corrected chi connectivity index (χ0v) is 18.4. The summed E-state index contributed by atoms with van der Waals surface area (Å²) in [5, 5.41) is 7.68. The number of carbonyl (C=O) groups excluding carboxylic acids is 1. The number of nitrogens with two attached hydrogens (primary N) is 1. The molecule has 1 aliphatic carbocycles. The summed E-state index contributed by atoms with van der Waals surface area (Å²) in [7, 11) is -4.63. The molecule has 1 saturated carbocycles. The van der Waals surface area contributed by atoms with Gasteiger partial charge in [0.1, 0.15) is 4.90 Å². The Morgan fingerprint density at radius 3 is 2.55 bits per heavy atom. The van der Waals surface area contributed by atoms with Crippen LogP contribution in [0.3, 0.4) is 0 Å². The van der Waals surface area contributed by atoms with Gasteiger partial charge in [-0.15, -0.1) is 0 Å². The third-order valence-electron chi connectivity index (χ3n) is 4.10. The second-order valence-electron chi connectivity index (χ2n) is 6.40. The minimum absolute atomic E-state index is 0.182. The highest BCUT2D eigenvalue weighted by Crippen LogP contribution is 2.34. The maximum Gasteiger partial charge on any atom is 0.277 e. The van der Waals surface area contributed by atoms with Gasteiger partial charge in [0.25, 0.3) is 5.91 Å². The van der Waals surface area contributed by atoms with Crippen LogP contribution in [0.25, 0.3) is 0 Å². The van der Waals surface area contributed by atoms with Crippen molar-refractivity contribution >= 4 is 61.5 Å². The molecule has 0 heterocycles. The minimum atomic E-state index is -4.63. The van der Waals surface area contributed by atoms with Gasteiger partial charge in [-0.25, -0.2) is 27.8 Å². The summed E-state index contributed by atoms with van der Waals surface area (Å²) in [5.41, 5.74) is 1.17. The van der Waals surface area contributed by atoms with Crippen LogP contribution in [0.5, 0.6) is 0 Å². The number of nitrogens with one attached hydrogen (secondary N) is 2. The maximum atomic E-state index is 14.7. The van der Waals surface area contributed by atoms with Gasteiger partial charge >= 0.3 is 0 Å². The van der Waals surface area contributed by atoms with Crippen LogP contribution in [0.1, 0.15) is 23.2 Å². The van der Waals surface area contributed by atoms with E-state index in [0.717, 1.165) is 16.4 Å². The van der Waals surface area contributed by atoms with Gasteiger partial charge in [0.15, 0.2) is 11.6 Å². The Balaban J connectivity index is 2.03. The molecule has 12 heteroatoms. The van der Waals surface area contributed by atoms with E-state index in [9.17, 15) is 22.0 Å². The highest BCUT2D eigenvalue weighted by atomic mass is 127. The van der Waals surface area contributed by atoms with E-state index >= 15 is 0 Å². The van der Waals surface area contributed by atoms with Crippen molar-refractivity contribution in [3.63, 3.8) is 0 Å². The van der Waals surface area contributed by atoms with E-state index in [0.29, 0.717) is 12.0 Å². The van der Waals surface area contributed by atoms with Crippen LogP contribution in [0.15, 0.2) is 29.2 Å². The molecular formula is C17H15ClF2IN3O4S. The number of rotatable bonds is 7. The molecule has 0 atom stereocenters. The summed E-state index contributed by atoms with van der Waals surface area (Å²) in [5.74, 6) is -3.97. The number of primary sulfonamides is 1. The van der Waals surface area contributed by atoms with E-state index in [1.807, 2.05) is 22.6 Å². The molecule has 0 radical (unpaired) electrons. The zero-order chi connectivity index (χ0) is 21.3. The number of hydrogen-bond donors (Lipinski definition) is 3. The standard InChI is InChI=1S/C17H15ClF2IN3O4S/c18-11-5-9(21)3-4-12(11)23-16-10(17(25)24-28-7-8-1-2-8)6-13(29(22,26)27)14(19)15(16)20/h3-6,8,23H,1-2,7H2,(H,24,25)(H2,22,26,27). The van der Waals surface area contributed by atoms with Crippen molar-refractivity contribution in [2.45, 2.75) is 17.7 Å². The van der Waals surface area contributed by atoms with E-state index in [2.05, 4.69) is 10.8 Å². The van der Waals surface area contributed by atoms with Gasteiger partial charge < -0.3 is 5.32 Å². The fourth-order valence-corrected chi connectivity index (χ4v) is 3.93. The lowest BCUT2D eigenvalue weighted by Crippen LogP contribution is -2.27. The molecule has 4 N–H and O–H groups in total. The van der Waals surface area contributed by atoms with E-state index in [4.69, 9.17) is 21.6 Å². The molecule has 0 aromatic heterocycles. The molecule has 0 bridgehead atoms. The normalized spacial score (nSPS) is 14.0. The first-order chi connectivity index (χ1) is 13.6. The largest absolute Gasteiger partial charge is 0.351 e. The summed E-state index contributed by atoms with van der Waals surface area (Å²) in [6, 6.07) is 5.36. The number of hydroxylamine groups is 1. The Morgan fingerprint density at radius 1 is 1.28 bits per heavy atom. The van der Waals surface area contributed by atoms with Gasteiger partial charge in [0, 0.05) is 3.57 Å². The molecule has 0 spiro atoms. The lowest BCUT2D eigenvalue weighted by molar-refractivity contribution is 0.0270. The van der Waals surface area contributed by atoms with Gasteiger partial charge in [-0.1, -0.05) is 11.6 Å². The second kappa shape index (κ2) is 8.68. The number of hydrogen-bond acceptors (Lipinski definition) is 5. The van der Waals surface area contributed by atoms with Crippen molar-refractivity contribution in [1.29, 1.82) is 0 Å². The first-order valence-electron chi connectivity index (χ1n) is 8.27. The Hall–Kier alpha value is -1.54. The van der Waals surface area contributed by atoms with Crippen molar-refractivity contribution in [3.8, 4) is 0 Å². The first kappa shape index (κ1) is 22.2. The van der Waals surface area contributed by atoms with E-state index in [-0.39, 0.29) is 17.3 Å². The van der Waals surface area contributed by atoms with Gasteiger partial charge in [0.05, 0.1) is 28.6 Å². The van der Waals surface area contributed by atoms with Crippen LogP contribution in [0, 0.1) is 21.1 Å². The Bertz CT molecular complexity index is 1080. The SMILES string of the molecule is NS(=O)(=O)c1cc(C(=O)NOCC2CC2)c(Nc2ccc(I)cc2Cl)c(F)c1F. The Morgan fingerprint density at radius 2 is 1.97 bits per heavy atom. The van der Waals surface area contributed by atoms with Crippen molar-refractivity contribution in [1.82, 2.24) is 5.48 Å². The monoisotopic (exact) mass is 557 g/mol. The molecule has 1 amide bonds. The molecule has 0 aliphatic heterocycles. The van der Waals surface area contributed by atoms with Gasteiger partial charge in [-0.05, 0) is 65.6 Å². The van der Waals surface area contributed by atoms with Gasteiger partial charge in [0.2, 0.25) is 10.0 Å². The van der Waals surface area contributed by atoms with Crippen LogP contribution in [0.2, 0.25) is 5.02 Å². The lowest BCUT2D eigenvalue weighted by atomic mass is 10.1. The van der Waals surface area contributed by atoms with E-state index in [1.54, 1.807) is 12.1 Å². The molecular weight excluding hydrogens is 543 g/mol. The summed E-state index contributed by atoms with van der Waals surface area (Å²) < 4.78 is 53.1. The molecule has 1 fully saturated rings. The predicted octanol–water partition coefficient (Wildman–Crippen LogP) is 3.69. The topological polar surface area (TPSA) is 111 Å². The highest BCUT2D eigenvalue weighted by Gasteiger charge is 2.28. The number of benzene rings is 2. The first-order valence-corrected chi connectivity index (χ1v) is 11.3. The predicted molar refractivity (Wildman–Crippen MR) is 111 cm³/mol. The molecule has 7 nitrogen and oxygen atoms in total. The molecule has 3 rings (SSSR count). The second-order valence-corrected chi connectivity index (χ2v) is 9.59. The van der Waals surface area contributed by atoms with Crippen LogP contribution >= 0.6 is 34.2 Å². The third-order valence-corrected chi connectivity index (χ3v) is 5.99. The van der Waals surface area contributed by atoms with Crippen molar-refractivity contribution < 1.29 is 26.8 Å². The lowest BCUT2D eigenvalue weighted by Gasteiger charge is -2.16. The fourth-order valence-electron chi connectivity index (χ4n) is 2.40. The number of anilines is 2. The van der Waals surface area contributed by atoms with Crippen molar-refractivity contribution in [3.05, 3.63) is 50.1 Å². The molecule has 29 heavy (non-hydrogen) atoms. The average Bonchev–Trinajstić information content (AvgIpc) is 3.44. The molecule has 2 aromatic carbocycles. The van der Waals surface area contributed by atoms with E-state index < -0.39 is 43.7 Å². The number of carbonyl (C=O) groups is 1. The van der Waals surface area contributed by atoms with Crippen LogP contribution in [-0.2, 0) is 14.9 Å². The molecule has 0 unspecified atom stereocenters. The van der Waals surface area contributed by atoms with Crippen LogP contribution in [-0.4, -0.2) is 20.9 Å². The van der Waals surface area contributed by atoms with Crippen LogP contribution in [0.4, 0.5) is 20.2 Å². The number of halogens is 4. The van der Waals surface area contributed by atoms with Crippen molar-refractivity contribution in [2.75, 3.05) is 11.9 Å². The quantitative estimate of drug-likeness (QED) is 0.355. The Labute approximate surface area is 184 Å². The summed E-state index contributed by atoms with van der Waals surface area (Å²) >= 11 is 8.12. The molecule has 156 valence electrons. The summed E-state index contributed by atoms with van der Waals surface area (Å²) in [4.78, 5) is 16.4. The number of sulfonamides is 1. The average molecular weight is 558 g/mol.